The Morgan fingerprint density at radius 2 is 1.80 bits per heavy atom. The molecule has 1 aromatic heterocycles. The second-order valence-electron chi connectivity index (χ2n) is 4.19. The zero-order valence-corrected chi connectivity index (χ0v) is 10.2. The van der Waals surface area contributed by atoms with Crippen LogP contribution < -0.4 is 5.56 Å². The van der Waals surface area contributed by atoms with Crippen LogP contribution in [0.15, 0.2) is 41.3 Å². The van der Waals surface area contributed by atoms with Gasteiger partial charge < -0.3 is 4.98 Å². The maximum Gasteiger partial charge on any atom is 0.421 e. The fraction of sp³-hybridized carbons (Fsp3) is 0.143. The van der Waals surface area contributed by atoms with Crippen LogP contribution in [0.3, 0.4) is 0 Å². The molecule has 1 heterocycles. The number of alkyl halides is 3. The van der Waals surface area contributed by atoms with Gasteiger partial charge in [0.25, 0.3) is 5.56 Å². The minimum Gasteiger partial charge on any atom is -0.329 e. The number of aromatic nitrogens is 1. The first kappa shape index (κ1) is 13.9. The molecule has 0 radical (unpaired) electrons. The Kier molecular flexibility index (Phi) is 3.61. The average Bonchev–Trinajstić information content (AvgIpc) is 2.38. The monoisotopic (exact) mass is 278 g/mol. The van der Waals surface area contributed by atoms with Crippen LogP contribution >= 0.6 is 0 Å². The third kappa shape index (κ3) is 2.88. The summed E-state index contributed by atoms with van der Waals surface area (Å²) >= 11 is 0. The van der Waals surface area contributed by atoms with Gasteiger partial charge in [-0.3, -0.25) is 4.79 Å². The Balaban J connectivity index is 2.41. The first-order valence-electron chi connectivity index (χ1n) is 5.68. The lowest BCUT2D eigenvalue weighted by atomic mass is 10.0. The van der Waals surface area contributed by atoms with Crippen molar-refractivity contribution in [2.75, 3.05) is 0 Å². The van der Waals surface area contributed by atoms with E-state index in [1.807, 2.05) is 11.1 Å². The molecule has 0 aliphatic rings. The molecule has 20 heavy (non-hydrogen) atoms. The number of pyridine rings is 1. The molecule has 0 spiro atoms. The van der Waals surface area contributed by atoms with Gasteiger partial charge in [0.05, 0.1) is 11.6 Å². The Morgan fingerprint density at radius 3 is 2.35 bits per heavy atom. The van der Waals surface area contributed by atoms with E-state index in [0.29, 0.717) is 11.1 Å². The van der Waals surface area contributed by atoms with Gasteiger partial charge in [-0.05, 0) is 35.7 Å². The van der Waals surface area contributed by atoms with Crippen molar-refractivity contribution in [2.24, 2.45) is 0 Å². The molecule has 2 aromatic rings. The van der Waals surface area contributed by atoms with Crippen LogP contribution in [-0.4, -0.2) is 4.98 Å². The van der Waals surface area contributed by atoms with Crippen LogP contribution in [0.2, 0.25) is 0 Å². The Bertz CT molecular complexity index is 709. The Labute approximate surface area is 112 Å². The molecule has 0 fully saturated rings. The van der Waals surface area contributed by atoms with Crippen molar-refractivity contribution < 1.29 is 13.2 Å². The molecule has 0 saturated carbocycles. The predicted molar refractivity (Wildman–Crippen MR) is 66.0 cm³/mol. The van der Waals surface area contributed by atoms with E-state index in [1.165, 1.54) is 24.4 Å². The van der Waals surface area contributed by atoms with Crippen LogP contribution in [0.1, 0.15) is 22.3 Å². The summed E-state index contributed by atoms with van der Waals surface area (Å²) in [5.74, 6) is 0. The number of benzene rings is 1. The summed E-state index contributed by atoms with van der Waals surface area (Å²) in [7, 11) is 0. The highest BCUT2D eigenvalue weighted by molar-refractivity contribution is 5.36. The second kappa shape index (κ2) is 5.21. The number of rotatable bonds is 2. The van der Waals surface area contributed by atoms with Gasteiger partial charge in [-0.2, -0.15) is 18.4 Å². The van der Waals surface area contributed by atoms with E-state index in [2.05, 4.69) is 0 Å². The molecular weight excluding hydrogens is 269 g/mol. The smallest absolute Gasteiger partial charge is 0.329 e. The van der Waals surface area contributed by atoms with E-state index in [1.54, 1.807) is 12.1 Å². The quantitative estimate of drug-likeness (QED) is 0.918. The van der Waals surface area contributed by atoms with Crippen molar-refractivity contribution in [3.63, 3.8) is 0 Å². The normalized spacial score (nSPS) is 11.1. The van der Waals surface area contributed by atoms with Gasteiger partial charge in [0.2, 0.25) is 0 Å². The molecule has 0 unspecified atom stereocenters. The third-order valence-electron chi connectivity index (χ3n) is 2.81. The summed E-state index contributed by atoms with van der Waals surface area (Å²) in [6.45, 7) is 0. The summed E-state index contributed by atoms with van der Waals surface area (Å²) in [6, 6.07) is 9.35. The summed E-state index contributed by atoms with van der Waals surface area (Å²) in [5, 5.41) is 8.66. The lowest BCUT2D eigenvalue weighted by molar-refractivity contribution is -0.139. The van der Waals surface area contributed by atoms with Gasteiger partial charge in [0.1, 0.15) is 5.56 Å². The van der Waals surface area contributed by atoms with Crippen LogP contribution in [-0.2, 0) is 12.6 Å². The SMILES string of the molecule is N#Cc1ccc(Cc2cc[nH]c(=O)c2C(F)(F)F)cc1. The predicted octanol–water partition coefficient (Wildman–Crippen LogP) is 2.86. The number of halogens is 3. The molecule has 6 heteroatoms. The third-order valence-corrected chi connectivity index (χ3v) is 2.81. The van der Waals surface area contributed by atoms with Gasteiger partial charge in [-0.25, -0.2) is 0 Å². The zero-order valence-electron chi connectivity index (χ0n) is 10.2. The average molecular weight is 278 g/mol. The minimum atomic E-state index is -4.70. The molecule has 102 valence electrons. The van der Waals surface area contributed by atoms with Gasteiger partial charge in [-0.15, -0.1) is 0 Å². The number of hydrogen-bond donors (Lipinski definition) is 1. The fourth-order valence-electron chi connectivity index (χ4n) is 1.89. The van der Waals surface area contributed by atoms with Crippen LogP contribution in [0, 0.1) is 11.3 Å². The Morgan fingerprint density at radius 1 is 1.15 bits per heavy atom. The number of nitrogens with zero attached hydrogens (tertiary/aromatic N) is 1. The molecule has 2 rings (SSSR count). The van der Waals surface area contributed by atoms with E-state index in [0.717, 1.165) is 0 Å². The molecule has 0 atom stereocenters. The molecule has 0 aliphatic heterocycles. The first-order chi connectivity index (χ1) is 9.41. The van der Waals surface area contributed by atoms with Crippen LogP contribution in [0.25, 0.3) is 0 Å². The highest BCUT2D eigenvalue weighted by atomic mass is 19.4. The van der Waals surface area contributed by atoms with Crippen molar-refractivity contribution in [3.8, 4) is 6.07 Å². The van der Waals surface area contributed by atoms with E-state index in [4.69, 9.17) is 5.26 Å². The largest absolute Gasteiger partial charge is 0.421 e. The molecule has 3 nitrogen and oxygen atoms in total. The van der Waals surface area contributed by atoms with Crippen molar-refractivity contribution >= 4 is 0 Å². The van der Waals surface area contributed by atoms with Gasteiger partial charge >= 0.3 is 6.18 Å². The fourth-order valence-corrected chi connectivity index (χ4v) is 1.89. The number of aromatic amines is 1. The standard InChI is InChI=1S/C14H9F3N2O/c15-14(16,17)12-11(5-6-19-13(12)20)7-9-1-3-10(8-18)4-2-9/h1-6H,7H2,(H,19,20). The molecule has 0 bridgehead atoms. The van der Waals surface area contributed by atoms with Crippen molar-refractivity contribution in [1.82, 2.24) is 4.98 Å². The van der Waals surface area contributed by atoms with Crippen LogP contribution in [0.5, 0.6) is 0 Å². The number of hydrogen-bond acceptors (Lipinski definition) is 2. The number of H-pyrrole nitrogens is 1. The van der Waals surface area contributed by atoms with Gasteiger partial charge in [0, 0.05) is 6.20 Å². The highest BCUT2D eigenvalue weighted by Crippen LogP contribution is 2.30. The molecule has 1 aromatic carbocycles. The molecular formula is C14H9F3N2O. The van der Waals surface area contributed by atoms with Crippen molar-refractivity contribution in [3.05, 3.63) is 69.1 Å². The summed E-state index contributed by atoms with van der Waals surface area (Å²) in [5.41, 5.74) is -1.39. The maximum absolute atomic E-state index is 12.9. The molecule has 0 saturated heterocycles. The number of nitriles is 1. The van der Waals surface area contributed by atoms with Crippen LogP contribution in [0.4, 0.5) is 13.2 Å². The Hall–Kier alpha value is -2.55. The topological polar surface area (TPSA) is 56.6 Å². The summed E-state index contributed by atoms with van der Waals surface area (Å²) < 4.78 is 38.6. The molecule has 0 amide bonds. The van der Waals surface area contributed by atoms with E-state index >= 15 is 0 Å². The summed E-state index contributed by atoms with van der Waals surface area (Å²) in [4.78, 5) is 13.4. The first-order valence-corrected chi connectivity index (χ1v) is 5.68. The lowest BCUT2D eigenvalue weighted by Gasteiger charge is -2.11. The highest BCUT2D eigenvalue weighted by Gasteiger charge is 2.36. The second-order valence-corrected chi connectivity index (χ2v) is 4.19. The maximum atomic E-state index is 12.9. The van der Waals surface area contributed by atoms with Crippen molar-refractivity contribution in [1.29, 1.82) is 5.26 Å². The van der Waals surface area contributed by atoms with Gasteiger partial charge in [0.15, 0.2) is 0 Å². The van der Waals surface area contributed by atoms with Crippen molar-refractivity contribution in [2.45, 2.75) is 12.6 Å². The summed E-state index contributed by atoms with van der Waals surface area (Å²) in [6.07, 6.45) is -3.53. The lowest BCUT2D eigenvalue weighted by Crippen LogP contribution is -2.23. The number of nitrogens with one attached hydrogen (secondary N) is 1. The van der Waals surface area contributed by atoms with Gasteiger partial charge in [-0.1, -0.05) is 12.1 Å². The van der Waals surface area contributed by atoms with E-state index < -0.39 is 17.3 Å². The van der Waals surface area contributed by atoms with E-state index in [9.17, 15) is 18.0 Å². The zero-order chi connectivity index (χ0) is 14.8. The minimum absolute atomic E-state index is 0.0233. The molecule has 0 aliphatic carbocycles. The van der Waals surface area contributed by atoms with E-state index in [-0.39, 0.29) is 12.0 Å². The molecule has 1 N–H and O–H groups in total.